The number of rotatable bonds is 8. The highest BCUT2D eigenvalue weighted by Crippen LogP contribution is 2.29. The highest BCUT2D eigenvalue weighted by Gasteiger charge is 2.29. The van der Waals surface area contributed by atoms with Crippen LogP contribution in [0.3, 0.4) is 0 Å². The molecule has 1 aliphatic carbocycles. The van der Waals surface area contributed by atoms with E-state index in [0.717, 1.165) is 49.9 Å². The Bertz CT molecular complexity index is 1100. The number of pyridine rings is 1. The van der Waals surface area contributed by atoms with E-state index in [9.17, 15) is 18.6 Å². The van der Waals surface area contributed by atoms with Crippen molar-refractivity contribution in [3.63, 3.8) is 0 Å². The van der Waals surface area contributed by atoms with Crippen LogP contribution in [-0.2, 0) is 25.1 Å². The van der Waals surface area contributed by atoms with Crippen molar-refractivity contribution in [1.29, 1.82) is 0 Å². The molecule has 2 aromatic rings. The predicted octanol–water partition coefficient (Wildman–Crippen LogP) is 3.14. The number of amides is 1. The van der Waals surface area contributed by atoms with Crippen LogP contribution in [0.5, 0.6) is 0 Å². The molecule has 184 valence electrons. The predicted molar refractivity (Wildman–Crippen MR) is 129 cm³/mol. The third-order valence-electron chi connectivity index (χ3n) is 6.42. The second-order valence-corrected chi connectivity index (χ2v) is 11.4. The number of methoxy groups -OCH3 is 1. The molecule has 11 heteroatoms. The fraction of sp³-hybridized carbons (Fsp3) is 0.565. The van der Waals surface area contributed by atoms with Crippen LogP contribution in [0.25, 0.3) is 0 Å². The molecule has 1 amide bonds. The first kappa shape index (κ1) is 24.7. The first-order valence-electron chi connectivity index (χ1n) is 11.5. The van der Waals surface area contributed by atoms with Crippen molar-refractivity contribution in [2.24, 2.45) is 5.92 Å². The molecule has 0 spiro atoms. The Morgan fingerprint density at radius 1 is 1.29 bits per heavy atom. The van der Waals surface area contributed by atoms with E-state index in [1.165, 1.54) is 23.9 Å². The van der Waals surface area contributed by atoms with Gasteiger partial charge in [-0.15, -0.1) is 0 Å². The molecule has 1 unspecified atom stereocenters. The standard InChI is InChI=1S/C23H29N3O6S2/c1-31-22(29)19-14-24-23(33-19)25-21(28)18(12-15-7-10-32-11-8-15)26-9-6-17(13-20(26)27)34(30)16-4-2-3-5-16/h6,9,13-16,18H,2-5,7-8,10-12H2,1H3,(H,24,25,28)/t18-,34?/m0/s1. The van der Waals surface area contributed by atoms with Gasteiger partial charge in [0.2, 0.25) is 5.91 Å². The summed E-state index contributed by atoms with van der Waals surface area (Å²) in [6.45, 7) is 1.25. The summed E-state index contributed by atoms with van der Waals surface area (Å²) in [4.78, 5) is 43.0. The summed E-state index contributed by atoms with van der Waals surface area (Å²) < 4.78 is 24.4. The minimum Gasteiger partial charge on any atom is -0.465 e. The molecule has 1 saturated heterocycles. The third-order valence-corrected chi connectivity index (χ3v) is 9.10. The summed E-state index contributed by atoms with van der Waals surface area (Å²) in [6.07, 6.45) is 8.96. The fourth-order valence-electron chi connectivity index (χ4n) is 4.51. The lowest BCUT2D eigenvalue weighted by Gasteiger charge is -2.27. The van der Waals surface area contributed by atoms with E-state index < -0.39 is 22.8 Å². The SMILES string of the molecule is COC(=O)c1cnc(NC(=O)[C@H](CC2CCOCC2)n2ccc(S(=O)C3CCCC3)cc2=O)s1. The van der Waals surface area contributed by atoms with Gasteiger partial charge in [0.05, 0.1) is 24.1 Å². The molecule has 1 N–H and O–H groups in total. The molecule has 0 aromatic carbocycles. The number of ether oxygens (including phenoxy) is 2. The maximum absolute atomic E-state index is 13.3. The number of aromatic nitrogens is 2. The van der Waals surface area contributed by atoms with Gasteiger partial charge in [0, 0.05) is 35.6 Å². The zero-order valence-electron chi connectivity index (χ0n) is 19.1. The van der Waals surface area contributed by atoms with Crippen LogP contribution in [0.4, 0.5) is 5.13 Å². The smallest absolute Gasteiger partial charge is 0.349 e. The average molecular weight is 508 g/mol. The topological polar surface area (TPSA) is 117 Å². The number of hydrogen-bond acceptors (Lipinski definition) is 8. The molecular formula is C23H29N3O6S2. The van der Waals surface area contributed by atoms with Gasteiger partial charge in [0.1, 0.15) is 10.9 Å². The number of carbonyl (C=O) groups excluding carboxylic acids is 2. The van der Waals surface area contributed by atoms with Gasteiger partial charge in [0.25, 0.3) is 5.56 Å². The Labute approximate surface area is 204 Å². The van der Waals surface area contributed by atoms with Crippen LogP contribution < -0.4 is 10.9 Å². The molecule has 9 nitrogen and oxygen atoms in total. The molecule has 2 fully saturated rings. The van der Waals surface area contributed by atoms with Gasteiger partial charge in [-0.1, -0.05) is 24.2 Å². The normalized spacial score (nSPS) is 19.0. The van der Waals surface area contributed by atoms with Crippen molar-refractivity contribution < 1.29 is 23.3 Å². The third kappa shape index (κ3) is 5.81. The number of hydrogen-bond donors (Lipinski definition) is 1. The van der Waals surface area contributed by atoms with E-state index in [-0.39, 0.29) is 32.6 Å². The maximum atomic E-state index is 13.3. The van der Waals surface area contributed by atoms with Gasteiger partial charge in [-0.2, -0.15) is 0 Å². The molecule has 0 bridgehead atoms. The summed E-state index contributed by atoms with van der Waals surface area (Å²) in [5.74, 6) is -0.687. The zero-order chi connectivity index (χ0) is 24.1. The first-order valence-corrected chi connectivity index (χ1v) is 13.5. The first-order chi connectivity index (χ1) is 16.5. The fourth-order valence-corrected chi connectivity index (χ4v) is 6.81. The lowest BCUT2D eigenvalue weighted by Crippen LogP contribution is -2.35. The van der Waals surface area contributed by atoms with E-state index in [0.29, 0.717) is 24.5 Å². The molecular weight excluding hydrogens is 478 g/mol. The number of anilines is 1. The Kier molecular flexibility index (Phi) is 8.28. The Morgan fingerprint density at radius 3 is 2.71 bits per heavy atom. The maximum Gasteiger partial charge on any atom is 0.349 e. The molecule has 3 heterocycles. The minimum atomic E-state index is -1.22. The Balaban J connectivity index is 1.56. The lowest BCUT2D eigenvalue weighted by molar-refractivity contribution is -0.120. The zero-order valence-corrected chi connectivity index (χ0v) is 20.7. The van der Waals surface area contributed by atoms with Crippen molar-refractivity contribution in [2.45, 2.75) is 61.1 Å². The number of nitrogens with one attached hydrogen (secondary N) is 1. The molecule has 1 saturated carbocycles. The number of thiazole rings is 1. The number of carbonyl (C=O) groups is 2. The van der Waals surface area contributed by atoms with Crippen LogP contribution >= 0.6 is 11.3 Å². The second kappa shape index (κ2) is 11.4. The molecule has 0 radical (unpaired) electrons. The summed E-state index contributed by atoms with van der Waals surface area (Å²) in [7, 11) is 0.0536. The van der Waals surface area contributed by atoms with E-state index in [4.69, 9.17) is 9.47 Å². The molecule has 4 rings (SSSR count). The number of nitrogens with zero attached hydrogens (tertiary/aromatic N) is 2. The van der Waals surface area contributed by atoms with Crippen molar-refractivity contribution in [3.05, 3.63) is 39.8 Å². The summed E-state index contributed by atoms with van der Waals surface area (Å²) in [5, 5.41) is 3.10. The summed E-state index contributed by atoms with van der Waals surface area (Å²) >= 11 is 1.01. The van der Waals surface area contributed by atoms with Crippen molar-refractivity contribution >= 4 is 39.1 Å². The van der Waals surface area contributed by atoms with Gasteiger partial charge in [-0.05, 0) is 44.1 Å². The van der Waals surface area contributed by atoms with Gasteiger partial charge in [-0.3, -0.25) is 13.8 Å². The molecule has 34 heavy (non-hydrogen) atoms. The summed E-state index contributed by atoms with van der Waals surface area (Å²) in [5.41, 5.74) is -0.356. The van der Waals surface area contributed by atoms with Crippen molar-refractivity contribution in [3.8, 4) is 0 Å². The minimum absolute atomic E-state index is 0.0884. The quantitative estimate of drug-likeness (QED) is 0.546. The van der Waals surface area contributed by atoms with E-state index in [1.807, 2.05) is 0 Å². The van der Waals surface area contributed by atoms with Crippen LogP contribution in [0.2, 0.25) is 0 Å². The highest BCUT2D eigenvalue weighted by molar-refractivity contribution is 7.85. The van der Waals surface area contributed by atoms with E-state index >= 15 is 0 Å². The van der Waals surface area contributed by atoms with E-state index in [1.54, 1.807) is 12.3 Å². The monoisotopic (exact) mass is 507 g/mol. The average Bonchev–Trinajstić information content (AvgIpc) is 3.55. The van der Waals surface area contributed by atoms with Crippen LogP contribution in [0, 0.1) is 5.92 Å². The Hall–Kier alpha value is -2.37. The van der Waals surface area contributed by atoms with Crippen molar-refractivity contribution in [1.82, 2.24) is 9.55 Å². The highest BCUT2D eigenvalue weighted by atomic mass is 32.2. The molecule has 2 atom stereocenters. The van der Waals surface area contributed by atoms with Gasteiger partial charge in [0.15, 0.2) is 5.13 Å². The number of esters is 1. The molecule has 1 aliphatic heterocycles. The second-order valence-electron chi connectivity index (χ2n) is 8.63. The Morgan fingerprint density at radius 2 is 2.03 bits per heavy atom. The van der Waals surface area contributed by atoms with Crippen LogP contribution in [-0.4, -0.2) is 51.2 Å². The summed E-state index contributed by atoms with van der Waals surface area (Å²) in [6, 6.07) is 2.33. The van der Waals surface area contributed by atoms with Crippen molar-refractivity contribution in [2.75, 3.05) is 25.6 Å². The molecule has 2 aromatic heterocycles. The van der Waals surface area contributed by atoms with E-state index in [2.05, 4.69) is 10.3 Å². The van der Waals surface area contributed by atoms with Gasteiger partial charge >= 0.3 is 5.97 Å². The largest absolute Gasteiger partial charge is 0.465 e. The van der Waals surface area contributed by atoms with Crippen LogP contribution in [0.15, 0.2) is 34.2 Å². The lowest BCUT2D eigenvalue weighted by atomic mass is 9.92. The van der Waals surface area contributed by atoms with Crippen LogP contribution in [0.1, 0.15) is 60.7 Å². The van der Waals surface area contributed by atoms with Gasteiger partial charge < -0.3 is 19.4 Å². The van der Waals surface area contributed by atoms with Gasteiger partial charge in [-0.25, -0.2) is 9.78 Å². The molecule has 2 aliphatic rings.